The van der Waals surface area contributed by atoms with Crippen LogP contribution >= 0.6 is 11.8 Å². The second kappa shape index (κ2) is 8.81. The van der Waals surface area contributed by atoms with Gasteiger partial charge in [0.2, 0.25) is 5.91 Å². The topological polar surface area (TPSA) is 69.0 Å². The number of halogens is 1. The number of fused-ring (bicyclic) bond motifs is 2. The zero-order chi connectivity index (χ0) is 21.4. The number of benzene rings is 1. The molecular formula is C23H29FN4O2S. The SMILES string of the molecule is CC(C1CC2CCC1C2)n1c(COc2ccccc2F)nnc1SCC(=O)NC1CC1. The first kappa shape index (κ1) is 20.8. The van der Waals surface area contributed by atoms with Gasteiger partial charge in [-0.1, -0.05) is 30.3 Å². The van der Waals surface area contributed by atoms with E-state index < -0.39 is 0 Å². The van der Waals surface area contributed by atoms with Gasteiger partial charge in [0.1, 0.15) is 6.61 Å². The van der Waals surface area contributed by atoms with Crippen LogP contribution in [0.5, 0.6) is 5.75 Å². The summed E-state index contributed by atoms with van der Waals surface area (Å²) >= 11 is 1.43. The highest BCUT2D eigenvalue weighted by Gasteiger charge is 2.43. The molecule has 166 valence electrons. The summed E-state index contributed by atoms with van der Waals surface area (Å²) in [5, 5.41) is 12.5. The summed E-state index contributed by atoms with van der Waals surface area (Å²) < 4.78 is 21.9. The fourth-order valence-electron chi connectivity index (χ4n) is 5.32. The van der Waals surface area contributed by atoms with E-state index in [1.54, 1.807) is 18.2 Å². The van der Waals surface area contributed by atoms with Crippen molar-refractivity contribution in [3.63, 3.8) is 0 Å². The Morgan fingerprint density at radius 1 is 1.26 bits per heavy atom. The van der Waals surface area contributed by atoms with Gasteiger partial charge in [-0.15, -0.1) is 10.2 Å². The molecule has 31 heavy (non-hydrogen) atoms. The molecule has 3 saturated carbocycles. The smallest absolute Gasteiger partial charge is 0.230 e. The summed E-state index contributed by atoms with van der Waals surface area (Å²) in [7, 11) is 0. The van der Waals surface area contributed by atoms with Crippen molar-refractivity contribution in [2.24, 2.45) is 17.8 Å². The number of para-hydroxylation sites is 1. The molecule has 0 radical (unpaired) electrons. The highest BCUT2D eigenvalue weighted by atomic mass is 32.2. The maximum atomic E-state index is 14.0. The molecule has 0 spiro atoms. The van der Waals surface area contributed by atoms with Crippen LogP contribution < -0.4 is 10.1 Å². The predicted molar refractivity (Wildman–Crippen MR) is 116 cm³/mol. The molecule has 3 aliphatic carbocycles. The van der Waals surface area contributed by atoms with Crippen LogP contribution in [0.25, 0.3) is 0 Å². The average Bonchev–Trinajstić information content (AvgIpc) is 3.16. The highest BCUT2D eigenvalue weighted by Crippen LogP contribution is 2.52. The largest absolute Gasteiger partial charge is 0.483 e. The Hall–Kier alpha value is -2.09. The molecule has 1 aromatic heterocycles. The van der Waals surface area contributed by atoms with Crippen LogP contribution in [0.1, 0.15) is 57.3 Å². The summed E-state index contributed by atoms with van der Waals surface area (Å²) in [5.74, 6) is 3.05. The molecule has 8 heteroatoms. The molecule has 1 amide bonds. The van der Waals surface area contributed by atoms with Crippen LogP contribution in [-0.4, -0.2) is 32.5 Å². The Balaban J connectivity index is 1.34. The zero-order valence-electron chi connectivity index (χ0n) is 17.8. The third-order valence-electron chi connectivity index (χ3n) is 7.02. The Morgan fingerprint density at radius 2 is 2.10 bits per heavy atom. The van der Waals surface area contributed by atoms with Gasteiger partial charge in [-0.2, -0.15) is 0 Å². The van der Waals surface area contributed by atoms with E-state index in [-0.39, 0.29) is 30.1 Å². The first-order valence-electron chi connectivity index (χ1n) is 11.3. The number of ether oxygens (including phenoxy) is 1. The van der Waals surface area contributed by atoms with Crippen LogP contribution in [0.3, 0.4) is 0 Å². The Bertz CT molecular complexity index is 947. The van der Waals surface area contributed by atoms with Crippen LogP contribution in [0, 0.1) is 23.6 Å². The lowest BCUT2D eigenvalue weighted by atomic mass is 9.84. The number of nitrogens with zero attached hydrogens (tertiary/aromatic N) is 3. The van der Waals surface area contributed by atoms with Crippen molar-refractivity contribution in [1.29, 1.82) is 0 Å². The predicted octanol–water partition coefficient (Wildman–Crippen LogP) is 4.36. The molecule has 5 rings (SSSR count). The van der Waals surface area contributed by atoms with Crippen LogP contribution in [0.4, 0.5) is 4.39 Å². The van der Waals surface area contributed by atoms with Gasteiger partial charge in [0, 0.05) is 12.1 Å². The molecule has 0 saturated heterocycles. The second-order valence-electron chi connectivity index (χ2n) is 9.20. The van der Waals surface area contributed by atoms with Crippen molar-refractivity contribution in [2.75, 3.05) is 5.75 Å². The maximum absolute atomic E-state index is 14.0. The van der Waals surface area contributed by atoms with Crippen molar-refractivity contribution in [3.05, 3.63) is 35.9 Å². The lowest BCUT2D eigenvalue weighted by Gasteiger charge is -2.30. The normalized spacial score (nSPS) is 25.5. The van der Waals surface area contributed by atoms with Gasteiger partial charge in [0.15, 0.2) is 22.5 Å². The first-order valence-corrected chi connectivity index (χ1v) is 12.3. The van der Waals surface area contributed by atoms with E-state index in [0.717, 1.165) is 29.8 Å². The third kappa shape index (κ3) is 4.59. The number of amides is 1. The summed E-state index contributed by atoms with van der Waals surface area (Å²) in [6.45, 7) is 2.38. The standard InChI is InChI=1S/C23H29FN4O2S/c1-14(18-11-15-6-7-16(18)10-15)28-21(12-30-20-5-3-2-4-19(20)24)26-27-23(28)31-13-22(29)25-17-8-9-17/h2-5,14-18H,6-13H2,1H3,(H,25,29). The molecule has 4 atom stereocenters. The van der Waals surface area contributed by atoms with Gasteiger partial charge < -0.3 is 10.1 Å². The summed E-state index contributed by atoms with van der Waals surface area (Å²) in [5.41, 5.74) is 0. The lowest BCUT2D eigenvalue weighted by molar-refractivity contribution is -0.118. The number of aromatic nitrogens is 3. The minimum Gasteiger partial charge on any atom is -0.483 e. The van der Waals surface area contributed by atoms with E-state index in [2.05, 4.69) is 27.0 Å². The molecule has 6 nitrogen and oxygen atoms in total. The summed E-state index contributed by atoms with van der Waals surface area (Å²) in [4.78, 5) is 12.2. The molecule has 1 heterocycles. The summed E-state index contributed by atoms with van der Waals surface area (Å²) in [6, 6.07) is 6.97. The number of thioether (sulfide) groups is 1. The minimum absolute atomic E-state index is 0.0405. The monoisotopic (exact) mass is 444 g/mol. The molecule has 1 aromatic carbocycles. The molecule has 3 fully saturated rings. The van der Waals surface area contributed by atoms with Crippen molar-refractivity contribution in [3.8, 4) is 5.75 Å². The Morgan fingerprint density at radius 3 is 2.81 bits per heavy atom. The molecule has 3 aliphatic rings. The second-order valence-corrected chi connectivity index (χ2v) is 10.1. The molecule has 2 aromatic rings. The van der Waals surface area contributed by atoms with E-state index in [1.807, 2.05) is 0 Å². The lowest BCUT2D eigenvalue weighted by Crippen LogP contribution is -2.28. The first-order chi connectivity index (χ1) is 15.1. The highest BCUT2D eigenvalue weighted by molar-refractivity contribution is 7.99. The van der Waals surface area contributed by atoms with Gasteiger partial charge in [0.05, 0.1) is 5.75 Å². The van der Waals surface area contributed by atoms with Crippen molar-refractivity contribution < 1.29 is 13.9 Å². The van der Waals surface area contributed by atoms with Crippen LogP contribution in [-0.2, 0) is 11.4 Å². The number of rotatable bonds is 9. The minimum atomic E-state index is -0.388. The number of hydrogen-bond donors (Lipinski definition) is 1. The molecular weight excluding hydrogens is 415 g/mol. The van der Waals surface area contributed by atoms with E-state index in [4.69, 9.17) is 4.74 Å². The van der Waals surface area contributed by atoms with Crippen molar-refractivity contribution in [1.82, 2.24) is 20.1 Å². The molecule has 4 unspecified atom stereocenters. The fourth-order valence-corrected chi connectivity index (χ4v) is 6.17. The zero-order valence-corrected chi connectivity index (χ0v) is 18.6. The maximum Gasteiger partial charge on any atom is 0.230 e. The van der Waals surface area contributed by atoms with Gasteiger partial charge in [-0.05, 0) is 68.9 Å². The number of carbonyl (C=O) groups is 1. The fraction of sp³-hybridized carbons (Fsp3) is 0.609. The Labute approximate surface area is 186 Å². The van der Waals surface area contributed by atoms with Gasteiger partial charge in [-0.25, -0.2) is 4.39 Å². The van der Waals surface area contributed by atoms with Crippen LogP contribution in [0.2, 0.25) is 0 Å². The van der Waals surface area contributed by atoms with Gasteiger partial charge in [0.25, 0.3) is 0 Å². The van der Waals surface area contributed by atoms with Crippen molar-refractivity contribution >= 4 is 17.7 Å². The quantitative estimate of drug-likeness (QED) is 0.582. The van der Waals surface area contributed by atoms with E-state index in [1.165, 1.54) is 43.5 Å². The van der Waals surface area contributed by atoms with E-state index in [9.17, 15) is 9.18 Å². The summed E-state index contributed by atoms with van der Waals surface area (Å²) in [6.07, 6.45) is 7.36. The van der Waals surface area contributed by atoms with Crippen molar-refractivity contribution in [2.45, 2.75) is 69.3 Å². The molecule has 1 N–H and O–H groups in total. The van der Waals surface area contributed by atoms with Crippen LogP contribution in [0.15, 0.2) is 29.4 Å². The average molecular weight is 445 g/mol. The third-order valence-corrected chi connectivity index (χ3v) is 7.97. The number of nitrogens with one attached hydrogen (secondary N) is 1. The molecule has 0 aliphatic heterocycles. The molecule has 2 bridgehead atoms. The van der Waals surface area contributed by atoms with Gasteiger partial charge in [-0.3, -0.25) is 9.36 Å². The van der Waals surface area contributed by atoms with E-state index >= 15 is 0 Å². The van der Waals surface area contributed by atoms with Gasteiger partial charge >= 0.3 is 0 Å². The number of carbonyl (C=O) groups excluding carboxylic acids is 1. The van der Waals surface area contributed by atoms with E-state index in [0.29, 0.717) is 23.5 Å². The Kier molecular flexibility index (Phi) is 5.91. The number of hydrogen-bond acceptors (Lipinski definition) is 5.